The topological polar surface area (TPSA) is 55.1 Å². The molecule has 0 radical (unpaired) electrons. The molecular weight excluding hydrogens is 224 g/mol. The first-order valence-electron chi connectivity index (χ1n) is 6.07. The Bertz CT molecular complexity index is 195. The van der Waals surface area contributed by atoms with Crippen LogP contribution in [0.2, 0.25) is 0 Å². The molecular formula is C12H27ClN2O. The van der Waals surface area contributed by atoms with Gasteiger partial charge in [-0.1, -0.05) is 33.6 Å². The van der Waals surface area contributed by atoms with Gasteiger partial charge in [-0.15, -0.1) is 12.4 Å². The third kappa shape index (κ3) is 6.33. The number of carbonyl (C=O) groups excluding carboxylic acids is 1. The second-order valence-electron chi connectivity index (χ2n) is 4.53. The molecule has 0 bridgehead atoms. The molecule has 1 amide bonds. The number of rotatable bonds is 7. The molecule has 0 aromatic rings. The van der Waals surface area contributed by atoms with Crippen LogP contribution in [0.1, 0.15) is 59.8 Å². The second-order valence-corrected chi connectivity index (χ2v) is 4.53. The van der Waals surface area contributed by atoms with E-state index in [4.69, 9.17) is 5.73 Å². The van der Waals surface area contributed by atoms with Crippen LogP contribution in [0.4, 0.5) is 0 Å². The molecule has 0 saturated heterocycles. The minimum absolute atomic E-state index is 0. The first-order valence-corrected chi connectivity index (χ1v) is 6.07. The van der Waals surface area contributed by atoms with Gasteiger partial charge in [0.25, 0.3) is 0 Å². The molecule has 0 fully saturated rings. The van der Waals surface area contributed by atoms with E-state index in [9.17, 15) is 4.79 Å². The summed E-state index contributed by atoms with van der Waals surface area (Å²) in [6.07, 6.45) is 4.77. The molecule has 0 saturated carbocycles. The summed E-state index contributed by atoms with van der Waals surface area (Å²) in [7, 11) is 0. The van der Waals surface area contributed by atoms with Crippen LogP contribution in [0.3, 0.4) is 0 Å². The van der Waals surface area contributed by atoms with Crippen molar-refractivity contribution in [1.29, 1.82) is 0 Å². The van der Waals surface area contributed by atoms with E-state index < -0.39 is 5.54 Å². The second kappa shape index (κ2) is 8.82. The predicted molar refractivity (Wildman–Crippen MR) is 71.9 cm³/mol. The van der Waals surface area contributed by atoms with Gasteiger partial charge in [-0.05, 0) is 26.2 Å². The van der Waals surface area contributed by atoms with Gasteiger partial charge in [-0.3, -0.25) is 4.79 Å². The van der Waals surface area contributed by atoms with Crippen LogP contribution in [-0.2, 0) is 4.79 Å². The van der Waals surface area contributed by atoms with Crippen molar-refractivity contribution >= 4 is 18.3 Å². The predicted octanol–water partition coefficient (Wildman–Crippen LogP) is 2.62. The monoisotopic (exact) mass is 250 g/mol. The molecule has 16 heavy (non-hydrogen) atoms. The Labute approximate surface area is 106 Å². The molecule has 0 rings (SSSR count). The highest BCUT2D eigenvalue weighted by molar-refractivity contribution is 5.86. The van der Waals surface area contributed by atoms with E-state index in [1.165, 1.54) is 0 Å². The van der Waals surface area contributed by atoms with Crippen LogP contribution in [0.15, 0.2) is 0 Å². The summed E-state index contributed by atoms with van der Waals surface area (Å²) in [5, 5.41) is 3.03. The Morgan fingerprint density at radius 1 is 1.31 bits per heavy atom. The summed E-state index contributed by atoms with van der Waals surface area (Å²) in [5.74, 6) is -0.00958. The molecule has 3 N–H and O–H groups in total. The minimum atomic E-state index is -0.712. The number of nitrogens with two attached hydrogens (primary N) is 1. The van der Waals surface area contributed by atoms with E-state index in [2.05, 4.69) is 19.2 Å². The van der Waals surface area contributed by atoms with Crippen molar-refractivity contribution < 1.29 is 4.79 Å². The molecule has 0 aromatic carbocycles. The minimum Gasteiger partial charge on any atom is -0.352 e. The van der Waals surface area contributed by atoms with Crippen molar-refractivity contribution in [3.8, 4) is 0 Å². The number of halogens is 1. The van der Waals surface area contributed by atoms with Gasteiger partial charge in [0.05, 0.1) is 5.54 Å². The molecule has 0 spiro atoms. The summed E-state index contributed by atoms with van der Waals surface area (Å²) in [6, 6.07) is 0.280. The first kappa shape index (κ1) is 18.1. The molecule has 0 aromatic heterocycles. The van der Waals surface area contributed by atoms with E-state index >= 15 is 0 Å². The van der Waals surface area contributed by atoms with Crippen molar-refractivity contribution in [1.82, 2.24) is 5.32 Å². The van der Waals surface area contributed by atoms with Gasteiger partial charge >= 0.3 is 0 Å². The number of carbonyl (C=O) groups is 1. The van der Waals surface area contributed by atoms with Gasteiger partial charge in [0.2, 0.25) is 5.91 Å². The fraction of sp³-hybridized carbons (Fsp3) is 0.917. The molecule has 2 atom stereocenters. The lowest BCUT2D eigenvalue weighted by Gasteiger charge is -2.26. The van der Waals surface area contributed by atoms with Crippen LogP contribution in [0, 0.1) is 0 Å². The average Bonchev–Trinajstić information content (AvgIpc) is 2.16. The van der Waals surface area contributed by atoms with Crippen LogP contribution >= 0.6 is 12.4 Å². The molecule has 4 heteroatoms. The fourth-order valence-corrected chi connectivity index (χ4v) is 1.71. The average molecular weight is 251 g/mol. The van der Waals surface area contributed by atoms with Gasteiger partial charge in [0.1, 0.15) is 0 Å². The van der Waals surface area contributed by atoms with Gasteiger partial charge in [-0.2, -0.15) is 0 Å². The number of nitrogens with one attached hydrogen (secondary N) is 1. The van der Waals surface area contributed by atoms with Crippen molar-refractivity contribution in [2.24, 2.45) is 5.73 Å². The normalized spacial score (nSPS) is 15.8. The zero-order valence-electron chi connectivity index (χ0n) is 11.0. The van der Waals surface area contributed by atoms with E-state index in [1.807, 2.05) is 13.8 Å². The van der Waals surface area contributed by atoms with Crippen molar-refractivity contribution in [3.05, 3.63) is 0 Å². The smallest absolute Gasteiger partial charge is 0.240 e. The van der Waals surface area contributed by atoms with Crippen LogP contribution in [-0.4, -0.2) is 17.5 Å². The van der Waals surface area contributed by atoms with E-state index in [-0.39, 0.29) is 24.4 Å². The highest BCUT2D eigenvalue weighted by Crippen LogP contribution is 2.10. The summed E-state index contributed by atoms with van der Waals surface area (Å²) in [5.41, 5.74) is 5.25. The van der Waals surface area contributed by atoms with Crippen molar-refractivity contribution in [2.75, 3.05) is 0 Å². The molecule has 0 heterocycles. The SMILES string of the molecule is CCCC(CC)NC(=O)C(C)(N)CCC.Cl. The maximum atomic E-state index is 11.9. The Kier molecular flexibility index (Phi) is 9.98. The lowest BCUT2D eigenvalue weighted by molar-refractivity contribution is -0.126. The Hall–Kier alpha value is -0.280. The molecule has 2 unspecified atom stereocenters. The summed E-state index contributed by atoms with van der Waals surface area (Å²) >= 11 is 0. The highest BCUT2D eigenvalue weighted by Gasteiger charge is 2.28. The van der Waals surface area contributed by atoms with Gasteiger partial charge < -0.3 is 11.1 Å². The number of amides is 1. The third-order valence-corrected chi connectivity index (χ3v) is 2.75. The molecule has 3 nitrogen and oxygen atoms in total. The van der Waals surface area contributed by atoms with E-state index in [0.29, 0.717) is 0 Å². The number of hydrogen-bond donors (Lipinski definition) is 2. The molecule has 0 aliphatic heterocycles. The standard InChI is InChI=1S/C12H26N2O.ClH/c1-5-8-10(7-3)14-11(15)12(4,13)9-6-2;/h10H,5-9,13H2,1-4H3,(H,14,15);1H. The van der Waals surface area contributed by atoms with Crippen LogP contribution < -0.4 is 11.1 Å². The third-order valence-electron chi connectivity index (χ3n) is 2.75. The quantitative estimate of drug-likeness (QED) is 0.730. The highest BCUT2D eigenvalue weighted by atomic mass is 35.5. The number of hydrogen-bond acceptors (Lipinski definition) is 2. The fourth-order valence-electron chi connectivity index (χ4n) is 1.71. The van der Waals surface area contributed by atoms with E-state index in [0.717, 1.165) is 32.1 Å². The summed E-state index contributed by atoms with van der Waals surface area (Å²) in [6.45, 7) is 8.07. The van der Waals surface area contributed by atoms with Gasteiger partial charge in [0.15, 0.2) is 0 Å². The van der Waals surface area contributed by atoms with Crippen LogP contribution in [0.25, 0.3) is 0 Å². The zero-order chi connectivity index (χ0) is 11.9. The van der Waals surface area contributed by atoms with Gasteiger partial charge in [-0.25, -0.2) is 0 Å². The van der Waals surface area contributed by atoms with Crippen molar-refractivity contribution in [3.63, 3.8) is 0 Å². The first-order chi connectivity index (χ1) is 6.97. The molecule has 0 aliphatic rings. The molecule has 98 valence electrons. The Morgan fingerprint density at radius 3 is 2.25 bits per heavy atom. The maximum Gasteiger partial charge on any atom is 0.240 e. The van der Waals surface area contributed by atoms with Crippen LogP contribution in [0.5, 0.6) is 0 Å². The Morgan fingerprint density at radius 2 is 1.88 bits per heavy atom. The maximum absolute atomic E-state index is 11.9. The lowest BCUT2D eigenvalue weighted by Crippen LogP contribution is -2.54. The summed E-state index contributed by atoms with van der Waals surface area (Å²) < 4.78 is 0. The molecule has 0 aliphatic carbocycles. The lowest BCUT2D eigenvalue weighted by atomic mass is 9.95. The van der Waals surface area contributed by atoms with Gasteiger partial charge in [0, 0.05) is 6.04 Å². The Balaban J connectivity index is 0. The zero-order valence-corrected chi connectivity index (χ0v) is 11.8. The van der Waals surface area contributed by atoms with E-state index in [1.54, 1.807) is 0 Å². The summed E-state index contributed by atoms with van der Waals surface area (Å²) in [4.78, 5) is 11.9. The van der Waals surface area contributed by atoms with Crippen molar-refractivity contribution in [2.45, 2.75) is 71.4 Å². The largest absolute Gasteiger partial charge is 0.352 e.